The lowest BCUT2D eigenvalue weighted by Gasteiger charge is -2.49. The van der Waals surface area contributed by atoms with Gasteiger partial charge in [0.15, 0.2) is 18.5 Å². The number of esters is 3. The molecule has 0 aromatic heterocycles. The Labute approximate surface area is 420 Å². The Hall–Kier alpha value is -6.15. The molecule has 0 bridgehead atoms. The minimum Gasteiger partial charge on any atom is -0.497 e. The van der Waals surface area contributed by atoms with Crippen LogP contribution in [0.5, 0.6) is 11.5 Å². The van der Waals surface area contributed by atoms with Gasteiger partial charge in [-0.25, -0.2) is 13.2 Å². The van der Waals surface area contributed by atoms with E-state index in [-0.39, 0.29) is 29.9 Å². The smallest absolute Gasteiger partial charge is 0.471 e. The Morgan fingerprint density at radius 2 is 1.22 bits per heavy atom. The highest BCUT2D eigenvalue weighted by Gasteiger charge is 2.58. The molecule has 0 spiro atoms. The summed E-state index contributed by atoms with van der Waals surface area (Å²) in [4.78, 5) is 77.3. The number of ketones is 2. The number of carbonyl (C=O) groups excluding carboxylic acids is 6. The number of halogens is 3. The van der Waals surface area contributed by atoms with Gasteiger partial charge in [0.25, 0.3) is 0 Å². The molecule has 24 nitrogen and oxygen atoms in total. The molecular formula is C45H50F3NO23S2. The Bertz CT molecular complexity index is 2630. The first-order valence-electron chi connectivity index (χ1n) is 22.0. The lowest BCUT2D eigenvalue weighted by molar-refractivity contribution is -0.342. The van der Waals surface area contributed by atoms with Gasteiger partial charge < -0.3 is 57.5 Å². The quantitative estimate of drug-likeness (QED) is 0.0624. The van der Waals surface area contributed by atoms with Crippen molar-refractivity contribution in [1.82, 2.24) is 5.32 Å². The monoisotopic (exact) mass is 1090 g/mol. The molecule has 2 aliphatic heterocycles. The van der Waals surface area contributed by atoms with E-state index in [1.54, 1.807) is 35.6 Å². The summed E-state index contributed by atoms with van der Waals surface area (Å²) in [6, 6.07) is 17.4. The van der Waals surface area contributed by atoms with Crippen LogP contribution in [0.1, 0.15) is 55.5 Å². The van der Waals surface area contributed by atoms with Crippen molar-refractivity contribution in [3.63, 3.8) is 0 Å². The van der Waals surface area contributed by atoms with Gasteiger partial charge in [-0.05, 0) is 55.8 Å². The Morgan fingerprint density at radius 1 is 0.649 bits per heavy atom. The molecule has 74 heavy (non-hydrogen) atoms. The summed E-state index contributed by atoms with van der Waals surface area (Å²) in [6.45, 7) is -0.523. The first-order chi connectivity index (χ1) is 34.8. The maximum absolute atomic E-state index is 14.3. The number of ether oxygens (including phenoxy) is 9. The fourth-order valence-corrected chi connectivity index (χ4v) is 7.99. The van der Waals surface area contributed by atoms with Crippen molar-refractivity contribution in [2.24, 2.45) is 0 Å². The SMILES string of the molecule is COc1ccc(O[C@@H]2O[C@H](COS(=O)(=O)O)[C@H](OS(=O)(=O)O)[C@H](O[C@@H]3O[C@H](COC(=O)CCC(C)=O)[C@@H](OC(=O)CCC(C)=O)[C@H](OCc4ccccc4)[C@H]3OC(=O)c3ccccc3)[C@H]2NC(=O)C(F)(F)F)cc1. The normalized spacial score (nSPS) is 24.2. The highest BCUT2D eigenvalue weighted by molar-refractivity contribution is 7.81. The van der Waals surface area contributed by atoms with Crippen molar-refractivity contribution in [3.05, 3.63) is 96.1 Å². The summed E-state index contributed by atoms with van der Waals surface area (Å²) < 4.78 is 173. The van der Waals surface area contributed by atoms with E-state index in [4.69, 9.17) is 46.8 Å². The zero-order valence-corrected chi connectivity index (χ0v) is 40.9. The molecular weight excluding hydrogens is 1040 g/mol. The van der Waals surface area contributed by atoms with Crippen LogP contribution in [0.25, 0.3) is 0 Å². The molecule has 0 aliphatic carbocycles. The molecule has 5 rings (SSSR count). The summed E-state index contributed by atoms with van der Waals surface area (Å²) in [7, 11) is -10.1. The minimum atomic E-state index is -5.87. The van der Waals surface area contributed by atoms with E-state index in [0.29, 0.717) is 5.56 Å². The summed E-state index contributed by atoms with van der Waals surface area (Å²) in [5.41, 5.74) is 0.244. The van der Waals surface area contributed by atoms with E-state index in [1.165, 1.54) is 75.6 Å². The zero-order valence-electron chi connectivity index (χ0n) is 39.2. The molecule has 2 fully saturated rings. The van der Waals surface area contributed by atoms with Gasteiger partial charge in [0, 0.05) is 12.8 Å². The van der Waals surface area contributed by atoms with Crippen LogP contribution < -0.4 is 14.8 Å². The van der Waals surface area contributed by atoms with Gasteiger partial charge in [0.1, 0.15) is 66.2 Å². The zero-order chi connectivity index (χ0) is 54.4. The average Bonchev–Trinajstić information content (AvgIpc) is 3.33. The van der Waals surface area contributed by atoms with Crippen molar-refractivity contribution in [2.75, 3.05) is 20.3 Å². The number of carbonyl (C=O) groups is 6. The highest BCUT2D eigenvalue weighted by atomic mass is 32.3. The second-order valence-corrected chi connectivity index (χ2v) is 18.4. The van der Waals surface area contributed by atoms with Crippen molar-refractivity contribution < 1.29 is 119 Å². The van der Waals surface area contributed by atoms with Crippen LogP contribution in [0.2, 0.25) is 0 Å². The molecule has 0 unspecified atom stereocenters. The number of methoxy groups -OCH3 is 1. The van der Waals surface area contributed by atoms with Crippen molar-refractivity contribution >= 4 is 56.2 Å². The number of alkyl halides is 3. The molecule has 0 saturated carbocycles. The molecule has 1 amide bonds. The number of benzene rings is 3. The van der Waals surface area contributed by atoms with E-state index in [9.17, 15) is 67.9 Å². The van der Waals surface area contributed by atoms with Crippen LogP contribution in [0, 0.1) is 0 Å². The highest BCUT2D eigenvalue weighted by Crippen LogP contribution is 2.37. The van der Waals surface area contributed by atoms with Gasteiger partial charge in [0.2, 0.25) is 6.29 Å². The fourth-order valence-electron chi connectivity index (χ4n) is 7.17. The standard InChI is InChI=1S/C45H50F3NO23S2/c1-25(50)14-20-33(52)63-23-31-36(69-34(53)21-15-26(2)51)39(64-22-27-10-6-4-7-11-27)40(70-41(54)28-12-8-5-9-13-28)43(68-31)71-38-35(49-44(55)45(46,47)48)42(66-30-18-16-29(62-3)17-19-30)67-32(24-65-73(56,57)58)37(38)72-74(59,60)61/h4-13,16-19,31-32,35-40,42-43H,14-15,20-24H2,1-3H3,(H,49,55)(H,56,57,58)(H,59,60,61)/t31-,32-,35-,36-,37+,38-,39+,40-,42-,43+/m1/s1. The molecule has 2 aliphatic rings. The molecule has 2 heterocycles. The molecule has 406 valence electrons. The number of nitrogens with one attached hydrogen (secondary N) is 1. The first kappa shape index (κ1) is 58.7. The van der Waals surface area contributed by atoms with Crippen LogP contribution in [0.3, 0.4) is 0 Å². The van der Waals surface area contributed by atoms with Gasteiger partial charge >= 0.3 is 50.8 Å². The summed E-state index contributed by atoms with van der Waals surface area (Å²) >= 11 is 0. The Kier molecular flexibility index (Phi) is 20.9. The third-order valence-corrected chi connectivity index (χ3v) is 11.5. The predicted octanol–water partition coefficient (Wildman–Crippen LogP) is 2.97. The van der Waals surface area contributed by atoms with E-state index in [2.05, 4.69) is 4.18 Å². The molecule has 10 atom stereocenters. The van der Waals surface area contributed by atoms with Crippen LogP contribution in [-0.4, -0.2) is 149 Å². The maximum atomic E-state index is 14.3. The number of Topliss-reactive ketones (excluding diaryl/α,β-unsaturated/α-hetero) is 2. The van der Waals surface area contributed by atoms with Crippen molar-refractivity contribution in [2.45, 2.75) is 114 Å². The second-order valence-electron chi connectivity index (χ2n) is 16.2. The summed E-state index contributed by atoms with van der Waals surface area (Å²) in [5.74, 6) is -7.01. The molecule has 2 saturated heterocycles. The van der Waals surface area contributed by atoms with E-state index in [1.807, 2.05) is 0 Å². The molecule has 0 radical (unpaired) electrons. The largest absolute Gasteiger partial charge is 0.497 e. The Balaban J connectivity index is 1.76. The molecule has 3 N–H and O–H groups in total. The van der Waals surface area contributed by atoms with Crippen LogP contribution >= 0.6 is 0 Å². The summed E-state index contributed by atoms with van der Waals surface area (Å²) in [6.07, 6.45) is -27.7. The third-order valence-electron chi connectivity index (χ3n) is 10.6. The van der Waals surface area contributed by atoms with E-state index < -0.39 is 156 Å². The second kappa shape index (κ2) is 26.4. The number of amides is 1. The van der Waals surface area contributed by atoms with Crippen molar-refractivity contribution in [3.8, 4) is 11.5 Å². The van der Waals surface area contributed by atoms with Crippen molar-refractivity contribution in [1.29, 1.82) is 0 Å². The van der Waals surface area contributed by atoms with Gasteiger partial charge in [-0.2, -0.15) is 30.0 Å². The van der Waals surface area contributed by atoms with Gasteiger partial charge in [-0.1, -0.05) is 48.5 Å². The number of hydrogen-bond donors (Lipinski definition) is 3. The third kappa shape index (κ3) is 18.3. The maximum Gasteiger partial charge on any atom is 0.471 e. The fraction of sp³-hybridized carbons (Fsp3) is 0.467. The van der Waals surface area contributed by atoms with Gasteiger partial charge in [-0.3, -0.25) is 23.5 Å². The number of rotatable bonds is 25. The lowest BCUT2D eigenvalue weighted by Crippen LogP contribution is -2.70. The summed E-state index contributed by atoms with van der Waals surface area (Å²) in [5, 5.41) is 1.55. The van der Waals surface area contributed by atoms with Crippen LogP contribution in [0.15, 0.2) is 84.9 Å². The molecule has 3 aromatic rings. The van der Waals surface area contributed by atoms with Crippen LogP contribution in [0.4, 0.5) is 13.2 Å². The average molecular weight is 1090 g/mol. The lowest BCUT2D eigenvalue weighted by atomic mass is 9.94. The minimum absolute atomic E-state index is 0.172. The van der Waals surface area contributed by atoms with Gasteiger partial charge in [0.05, 0.1) is 38.7 Å². The number of hydrogen-bond acceptors (Lipinski definition) is 21. The topological polar surface area (TPSA) is 325 Å². The Morgan fingerprint density at radius 3 is 1.78 bits per heavy atom. The van der Waals surface area contributed by atoms with E-state index in [0.717, 1.165) is 0 Å². The predicted molar refractivity (Wildman–Crippen MR) is 239 cm³/mol. The van der Waals surface area contributed by atoms with Crippen LogP contribution in [-0.2, 0) is 92.9 Å². The molecule has 3 aromatic carbocycles. The molecule has 29 heteroatoms. The van der Waals surface area contributed by atoms with E-state index >= 15 is 0 Å². The first-order valence-corrected chi connectivity index (χ1v) is 24.7. The van der Waals surface area contributed by atoms with Gasteiger partial charge in [-0.15, -0.1) is 0 Å².